The quantitative estimate of drug-likeness (QED) is 0.549. The molecule has 4 rings (SSSR count). The number of anilines is 2. The van der Waals surface area contributed by atoms with Gasteiger partial charge in [-0.2, -0.15) is 8.42 Å². The summed E-state index contributed by atoms with van der Waals surface area (Å²) in [5.74, 6) is -0.865. The fourth-order valence-corrected chi connectivity index (χ4v) is 4.98. The van der Waals surface area contributed by atoms with E-state index in [0.29, 0.717) is 29.9 Å². The van der Waals surface area contributed by atoms with E-state index in [-0.39, 0.29) is 24.1 Å². The number of carbonyl (C=O) groups excluding carboxylic acids is 2. The van der Waals surface area contributed by atoms with Crippen LogP contribution in [0.5, 0.6) is 0 Å². The highest BCUT2D eigenvalue weighted by Crippen LogP contribution is 2.32. The Morgan fingerprint density at radius 1 is 1.16 bits per heavy atom. The number of hydrogen-bond donors (Lipinski definition) is 1. The van der Waals surface area contributed by atoms with E-state index in [2.05, 4.69) is 10.3 Å². The molecule has 0 aliphatic carbocycles. The number of sulfonamides is 1. The van der Waals surface area contributed by atoms with Crippen LogP contribution in [0.4, 0.5) is 11.4 Å². The molecular weight excluding hydrogens is 432 g/mol. The lowest BCUT2D eigenvalue weighted by molar-refractivity contribution is -0.116. The fraction of sp³-hybridized carbons (Fsp3) is 0.227. The summed E-state index contributed by atoms with van der Waals surface area (Å²) in [7, 11) is -3.83. The van der Waals surface area contributed by atoms with E-state index in [0.717, 1.165) is 5.56 Å². The Balaban J connectivity index is 1.44. The van der Waals surface area contributed by atoms with Gasteiger partial charge in [0, 0.05) is 18.4 Å². The predicted molar refractivity (Wildman–Crippen MR) is 118 cm³/mol. The number of nitrogens with zero attached hydrogens (tertiary/aromatic N) is 3. The minimum Gasteiger partial charge on any atom is -0.462 e. The van der Waals surface area contributed by atoms with Gasteiger partial charge in [-0.05, 0) is 43.2 Å². The van der Waals surface area contributed by atoms with Gasteiger partial charge < -0.3 is 14.6 Å². The van der Waals surface area contributed by atoms with Crippen LogP contribution < -0.4 is 9.62 Å². The Labute approximate surface area is 185 Å². The average molecular weight is 455 g/mol. The smallest absolute Gasteiger partial charge is 0.338 e. The average Bonchev–Trinajstić information content (AvgIpc) is 3.42. The van der Waals surface area contributed by atoms with Gasteiger partial charge in [0.25, 0.3) is 10.0 Å². The normalized spacial score (nSPS) is 13.0. The molecule has 3 aromatic rings. The van der Waals surface area contributed by atoms with Crippen molar-refractivity contribution < 1.29 is 22.7 Å². The molecule has 166 valence electrons. The van der Waals surface area contributed by atoms with Crippen LogP contribution >= 0.6 is 0 Å². The number of benzene rings is 2. The van der Waals surface area contributed by atoms with Crippen molar-refractivity contribution in [2.45, 2.75) is 24.9 Å². The first-order valence-electron chi connectivity index (χ1n) is 10.1. The second-order valence-electron chi connectivity index (χ2n) is 7.19. The molecule has 2 aromatic carbocycles. The molecule has 0 saturated heterocycles. The van der Waals surface area contributed by atoms with Gasteiger partial charge in [-0.25, -0.2) is 9.78 Å². The third-order valence-corrected chi connectivity index (χ3v) is 6.69. The van der Waals surface area contributed by atoms with Crippen molar-refractivity contribution in [3.05, 3.63) is 72.2 Å². The van der Waals surface area contributed by atoms with E-state index >= 15 is 0 Å². The summed E-state index contributed by atoms with van der Waals surface area (Å²) in [5.41, 5.74) is 2.38. The fourth-order valence-electron chi connectivity index (χ4n) is 3.53. The standard InChI is InChI=1S/C22H22N4O5S/c1-2-31-22(28)17-7-5-8-18(12-17)24-20(27)13-25-14-21(23-15-25)32(29,30)26-11-10-16-6-3-4-9-19(16)26/h3-9,12,14-15H,2,10-11,13H2,1H3,(H,24,27). The van der Waals surface area contributed by atoms with E-state index in [9.17, 15) is 18.0 Å². The van der Waals surface area contributed by atoms with Crippen molar-refractivity contribution in [2.24, 2.45) is 0 Å². The van der Waals surface area contributed by atoms with Crippen molar-refractivity contribution in [3.8, 4) is 0 Å². The molecule has 2 heterocycles. The highest BCUT2D eigenvalue weighted by Gasteiger charge is 2.32. The molecular formula is C22H22N4O5S. The number of fused-ring (bicyclic) bond motifs is 1. The van der Waals surface area contributed by atoms with Gasteiger partial charge in [0.1, 0.15) is 6.54 Å². The first kappa shape index (κ1) is 21.6. The van der Waals surface area contributed by atoms with E-state index in [4.69, 9.17) is 4.74 Å². The molecule has 0 unspecified atom stereocenters. The largest absolute Gasteiger partial charge is 0.462 e. The number of esters is 1. The van der Waals surface area contributed by atoms with Crippen molar-refractivity contribution in [3.63, 3.8) is 0 Å². The minimum atomic E-state index is -3.83. The monoisotopic (exact) mass is 454 g/mol. The van der Waals surface area contributed by atoms with Crippen LogP contribution in [-0.2, 0) is 32.5 Å². The number of nitrogens with one attached hydrogen (secondary N) is 1. The highest BCUT2D eigenvalue weighted by molar-refractivity contribution is 7.92. The molecule has 0 radical (unpaired) electrons. The lowest BCUT2D eigenvalue weighted by Gasteiger charge is -2.17. The number of imidazole rings is 1. The number of hydrogen-bond acceptors (Lipinski definition) is 6. The number of aromatic nitrogens is 2. The van der Waals surface area contributed by atoms with Crippen LogP contribution in [0.25, 0.3) is 0 Å². The molecule has 1 amide bonds. The van der Waals surface area contributed by atoms with Gasteiger partial charge in [-0.1, -0.05) is 24.3 Å². The zero-order chi connectivity index (χ0) is 22.7. The molecule has 10 heteroatoms. The molecule has 1 N–H and O–H groups in total. The van der Waals surface area contributed by atoms with Crippen molar-refractivity contribution in [1.82, 2.24) is 9.55 Å². The summed E-state index contributed by atoms with van der Waals surface area (Å²) >= 11 is 0. The number of ether oxygens (including phenoxy) is 1. The summed E-state index contributed by atoms with van der Waals surface area (Å²) in [4.78, 5) is 28.3. The topological polar surface area (TPSA) is 111 Å². The predicted octanol–water partition coefficient (Wildman–Crippen LogP) is 2.45. The van der Waals surface area contributed by atoms with Crippen molar-refractivity contribution in [2.75, 3.05) is 22.8 Å². The van der Waals surface area contributed by atoms with Gasteiger partial charge >= 0.3 is 5.97 Å². The Bertz CT molecular complexity index is 1270. The molecule has 0 saturated carbocycles. The Morgan fingerprint density at radius 3 is 2.78 bits per heavy atom. The summed E-state index contributed by atoms with van der Waals surface area (Å²) in [5, 5.41) is 2.57. The number of para-hydroxylation sites is 1. The van der Waals surface area contributed by atoms with Gasteiger partial charge in [0.2, 0.25) is 5.91 Å². The number of rotatable bonds is 7. The molecule has 1 aliphatic heterocycles. The van der Waals surface area contributed by atoms with Gasteiger partial charge in [-0.15, -0.1) is 0 Å². The van der Waals surface area contributed by atoms with E-state index in [1.807, 2.05) is 12.1 Å². The zero-order valence-corrected chi connectivity index (χ0v) is 18.2. The van der Waals surface area contributed by atoms with Crippen LogP contribution in [-0.4, -0.2) is 43.0 Å². The Hall–Kier alpha value is -3.66. The van der Waals surface area contributed by atoms with Crippen LogP contribution in [0.1, 0.15) is 22.8 Å². The summed E-state index contributed by atoms with van der Waals surface area (Å²) in [6.45, 7) is 2.18. The van der Waals surface area contributed by atoms with Crippen LogP contribution in [0.3, 0.4) is 0 Å². The summed E-state index contributed by atoms with van der Waals surface area (Å²) < 4.78 is 33.8. The zero-order valence-electron chi connectivity index (χ0n) is 17.4. The van der Waals surface area contributed by atoms with Crippen LogP contribution in [0.15, 0.2) is 66.1 Å². The van der Waals surface area contributed by atoms with Crippen molar-refractivity contribution >= 4 is 33.3 Å². The number of amides is 1. The first-order valence-corrected chi connectivity index (χ1v) is 11.5. The third-order valence-electron chi connectivity index (χ3n) is 4.99. The molecule has 1 aromatic heterocycles. The molecule has 0 fully saturated rings. The maximum atomic E-state index is 13.0. The molecule has 0 bridgehead atoms. The minimum absolute atomic E-state index is 0.119. The maximum Gasteiger partial charge on any atom is 0.338 e. The SMILES string of the molecule is CCOC(=O)c1cccc(NC(=O)Cn2cnc(S(=O)(=O)N3CCc4ccccc43)c2)c1. The van der Waals surface area contributed by atoms with E-state index < -0.39 is 16.0 Å². The second kappa shape index (κ2) is 8.83. The van der Waals surface area contributed by atoms with E-state index in [1.165, 1.54) is 27.5 Å². The van der Waals surface area contributed by atoms with Crippen LogP contribution in [0.2, 0.25) is 0 Å². The maximum absolute atomic E-state index is 13.0. The second-order valence-corrected chi connectivity index (χ2v) is 9.00. The first-order chi connectivity index (χ1) is 15.4. The lowest BCUT2D eigenvalue weighted by atomic mass is 10.2. The Kier molecular flexibility index (Phi) is 5.95. The lowest BCUT2D eigenvalue weighted by Crippen LogP contribution is -2.29. The van der Waals surface area contributed by atoms with Crippen LogP contribution in [0, 0.1) is 0 Å². The van der Waals surface area contributed by atoms with Gasteiger partial charge in [0.05, 0.1) is 24.2 Å². The third kappa shape index (κ3) is 4.35. The van der Waals surface area contributed by atoms with E-state index in [1.54, 1.807) is 37.3 Å². The number of carbonyl (C=O) groups is 2. The molecule has 32 heavy (non-hydrogen) atoms. The molecule has 1 aliphatic rings. The summed E-state index contributed by atoms with van der Waals surface area (Å²) in [6, 6.07) is 13.8. The highest BCUT2D eigenvalue weighted by atomic mass is 32.2. The Morgan fingerprint density at radius 2 is 1.97 bits per heavy atom. The molecule has 0 spiro atoms. The molecule has 0 atom stereocenters. The van der Waals surface area contributed by atoms with Crippen molar-refractivity contribution in [1.29, 1.82) is 0 Å². The van der Waals surface area contributed by atoms with Gasteiger partial charge in [-0.3, -0.25) is 9.10 Å². The molecule has 9 nitrogen and oxygen atoms in total. The van der Waals surface area contributed by atoms with Gasteiger partial charge in [0.15, 0.2) is 5.03 Å². The summed E-state index contributed by atoms with van der Waals surface area (Å²) in [6.07, 6.45) is 3.29.